The molecule has 6 nitrogen and oxygen atoms in total. The van der Waals surface area contributed by atoms with Gasteiger partial charge in [-0.15, -0.1) is 0 Å². The van der Waals surface area contributed by atoms with Crippen molar-refractivity contribution in [2.45, 2.75) is 13.2 Å². The maximum Gasteiger partial charge on any atom is 0.292 e. The number of nitrogens with one attached hydrogen (secondary N) is 1. The summed E-state index contributed by atoms with van der Waals surface area (Å²) in [5.41, 5.74) is 0.690. The van der Waals surface area contributed by atoms with Crippen LogP contribution in [0.4, 0.5) is 10.2 Å². The topological polar surface area (TPSA) is 69.3 Å². The van der Waals surface area contributed by atoms with Crippen LogP contribution < -0.4 is 10.1 Å². The van der Waals surface area contributed by atoms with Gasteiger partial charge >= 0.3 is 0 Å². The van der Waals surface area contributed by atoms with Gasteiger partial charge in [-0.3, -0.25) is 9.48 Å². The Kier molecular flexibility index (Phi) is 7.14. The molecule has 0 spiro atoms. The molecule has 33 heavy (non-hydrogen) atoms. The summed E-state index contributed by atoms with van der Waals surface area (Å²) in [5.74, 6) is 0.120. The standard InChI is InChI=1S/C22H14Cl4FN3O3/c23-13-7-17(25)21(18(26)8-13)32-11-15-3-4-19(33-15)22(31)28-20-5-6-30(29-20)10-12-1-2-14(27)9-16(12)24/h1-9H,10-11H2,(H,28,29,31). The van der Waals surface area contributed by atoms with Gasteiger partial charge in [0.15, 0.2) is 17.3 Å². The number of nitrogens with zero attached hydrogens (tertiary/aromatic N) is 2. The molecule has 0 aliphatic carbocycles. The Morgan fingerprint density at radius 2 is 1.79 bits per heavy atom. The van der Waals surface area contributed by atoms with E-state index in [-0.39, 0.29) is 28.2 Å². The number of aromatic nitrogens is 2. The van der Waals surface area contributed by atoms with Crippen molar-refractivity contribution in [1.29, 1.82) is 0 Å². The normalized spacial score (nSPS) is 10.9. The van der Waals surface area contributed by atoms with E-state index in [4.69, 9.17) is 55.6 Å². The molecule has 1 N–H and O–H groups in total. The highest BCUT2D eigenvalue weighted by Gasteiger charge is 2.15. The van der Waals surface area contributed by atoms with Crippen LogP contribution in [0.1, 0.15) is 21.9 Å². The number of ether oxygens (including phenoxy) is 1. The van der Waals surface area contributed by atoms with Gasteiger partial charge in [0.2, 0.25) is 0 Å². The Morgan fingerprint density at radius 3 is 2.52 bits per heavy atom. The van der Waals surface area contributed by atoms with Crippen LogP contribution in [-0.4, -0.2) is 15.7 Å². The number of benzene rings is 2. The summed E-state index contributed by atoms with van der Waals surface area (Å²) < 4.78 is 25.9. The number of amides is 1. The second-order valence-electron chi connectivity index (χ2n) is 6.84. The van der Waals surface area contributed by atoms with E-state index in [1.54, 1.807) is 29.1 Å². The molecule has 170 valence electrons. The molecule has 0 saturated heterocycles. The zero-order valence-electron chi connectivity index (χ0n) is 16.6. The third-order valence-electron chi connectivity index (χ3n) is 4.44. The molecule has 0 aliphatic rings. The van der Waals surface area contributed by atoms with Crippen LogP contribution in [0.25, 0.3) is 0 Å². The van der Waals surface area contributed by atoms with E-state index in [2.05, 4.69) is 10.4 Å². The van der Waals surface area contributed by atoms with Crippen LogP contribution in [0.5, 0.6) is 5.75 Å². The number of carbonyl (C=O) groups excluding carboxylic acids is 1. The first-order valence-corrected chi connectivity index (χ1v) is 10.9. The zero-order chi connectivity index (χ0) is 23.5. The monoisotopic (exact) mass is 527 g/mol. The minimum absolute atomic E-state index is 0.00140. The van der Waals surface area contributed by atoms with Crippen molar-refractivity contribution < 1.29 is 18.3 Å². The Hall–Kier alpha value is -2.71. The van der Waals surface area contributed by atoms with Crippen LogP contribution in [0.3, 0.4) is 0 Å². The fraction of sp³-hybridized carbons (Fsp3) is 0.0909. The maximum atomic E-state index is 13.2. The third-order valence-corrected chi connectivity index (χ3v) is 5.57. The van der Waals surface area contributed by atoms with E-state index in [1.165, 1.54) is 30.3 Å². The van der Waals surface area contributed by atoms with Crippen molar-refractivity contribution in [3.63, 3.8) is 0 Å². The number of anilines is 1. The number of hydrogen-bond donors (Lipinski definition) is 1. The van der Waals surface area contributed by atoms with Gasteiger partial charge < -0.3 is 14.5 Å². The van der Waals surface area contributed by atoms with Crippen LogP contribution in [-0.2, 0) is 13.2 Å². The molecule has 0 radical (unpaired) electrons. The third kappa shape index (κ3) is 5.81. The van der Waals surface area contributed by atoms with Crippen LogP contribution >= 0.6 is 46.4 Å². The summed E-state index contributed by atoms with van der Waals surface area (Å²) in [6.07, 6.45) is 1.66. The van der Waals surface area contributed by atoms with Crippen molar-refractivity contribution in [1.82, 2.24) is 9.78 Å². The van der Waals surface area contributed by atoms with Crippen molar-refractivity contribution in [3.05, 3.63) is 97.7 Å². The van der Waals surface area contributed by atoms with E-state index in [1.807, 2.05) is 0 Å². The van der Waals surface area contributed by atoms with Gasteiger partial charge in [-0.25, -0.2) is 4.39 Å². The van der Waals surface area contributed by atoms with Crippen molar-refractivity contribution in [2.75, 3.05) is 5.32 Å². The van der Waals surface area contributed by atoms with E-state index >= 15 is 0 Å². The first-order valence-electron chi connectivity index (χ1n) is 9.43. The summed E-state index contributed by atoms with van der Waals surface area (Å²) in [6, 6.07) is 11.9. The van der Waals surface area contributed by atoms with Gasteiger partial charge in [-0.05, 0) is 42.0 Å². The van der Waals surface area contributed by atoms with Gasteiger partial charge in [-0.2, -0.15) is 5.10 Å². The summed E-state index contributed by atoms with van der Waals surface area (Å²) in [5, 5.41) is 8.11. The molecule has 4 rings (SSSR count). The van der Waals surface area contributed by atoms with Crippen molar-refractivity contribution >= 4 is 58.1 Å². The minimum Gasteiger partial charge on any atom is -0.483 e. The molecular formula is C22H14Cl4FN3O3. The maximum absolute atomic E-state index is 13.2. The smallest absolute Gasteiger partial charge is 0.292 e. The lowest BCUT2D eigenvalue weighted by atomic mass is 10.2. The Labute approximate surface area is 207 Å². The summed E-state index contributed by atoms with van der Waals surface area (Å²) in [4.78, 5) is 12.5. The molecular weight excluding hydrogens is 515 g/mol. The first kappa shape index (κ1) is 23.4. The van der Waals surface area contributed by atoms with Gasteiger partial charge in [0.25, 0.3) is 5.91 Å². The molecule has 4 aromatic rings. The minimum atomic E-state index is -0.492. The molecule has 0 saturated carbocycles. The van der Waals surface area contributed by atoms with Crippen molar-refractivity contribution in [3.8, 4) is 5.75 Å². The SMILES string of the molecule is O=C(Nc1ccn(Cc2ccc(F)cc2Cl)n1)c1ccc(COc2c(Cl)cc(Cl)cc2Cl)o1. The van der Waals surface area contributed by atoms with Crippen LogP contribution in [0.2, 0.25) is 20.1 Å². The van der Waals surface area contributed by atoms with Gasteiger partial charge in [0.05, 0.1) is 16.6 Å². The van der Waals surface area contributed by atoms with Gasteiger partial charge in [0, 0.05) is 22.3 Å². The molecule has 2 aromatic heterocycles. The molecule has 0 unspecified atom stereocenters. The number of carbonyl (C=O) groups is 1. The highest BCUT2D eigenvalue weighted by Crippen LogP contribution is 2.36. The molecule has 11 heteroatoms. The zero-order valence-corrected chi connectivity index (χ0v) is 19.6. The van der Waals surface area contributed by atoms with Gasteiger partial charge in [-0.1, -0.05) is 52.5 Å². The van der Waals surface area contributed by atoms with Crippen LogP contribution in [0.15, 0.2) is 59.1 Å². The highest BCUT2D eigenvalue weighted by molar-refractivity contribution is 6.40. The Morgan fingerprint density at radius 1 is 1.03 bits per heavy atom. The predicted octanol–water partition coefficient (Wildman–Crippen LogP) is 7.11. The number of furan rings is 1. The summed E-state index contributed by atoms with van der Waals surface area (Å²) in [7, 11) is 0. The fourth-order valence-corrected chi connectivity index (χ4v) is 4.06. The first-order chi connectivity index (χ1) is 15.8. The summed E-state index contributed by atoms with van der Waals surface area (Å²) >= 11 is 24.1. The largest absolute Gasteiger partial charge is 0.483 e. The quantitative estimate of drug-likeness (QED) is 0.277. The molecule has 0 fully saturated rings. The lowest BCUT2D eigenvalue weighted by molar-refractivity contribution is 0.0992. The van der Waals surface area contributed by atoms with E-state index in [9.17, 15) is 9.18 Å². The number of hydrogen-bond acceptors (Lipinski definition) is 4. The van der Waals surface area contributed by atoms with E-state index < -0.39 is 11.7 Å². The van der Waals surface area contributed by atoms with Crippen LogP contribution in [0, 0.1) is 5.82 Å². The van der Waals surface area contributed by atoms with Gasteiger partial charge in [0.1, 0.15) is 18.2 Å². The molecule has 2 aromatic carbocycles. The number of halogens is 5. The molecule has 2 heterocycles. The second-order valence-corrected chi connectivity index (χ2v) is 8.50. The lowest BCUT2D eigenvalue weighted by Gasteiger charge is -2.09. The lowest BCUT2D eigenvalue weighted by Crippen LogP contribution is -2.12. The molecule has 0 atom stereocenters. The average molecular weight is 529 g/mol. The Bertz CT molecular complexity index is 1300. The van der Waals surface area contributed by atoms with E-state index in [0.29, 0.717) is 33.7 Å². The molecule has 0 aliphatic heterocycles. The highest BCUT2D eigenvalue weighted by atomic mass is 35.5. The van der Waals surface area contributed by atoms with Crippen molar-refractivity contribution in [2.24, 2.45) is 0 Å². The average Bonchev–Trinajstić information content (AvgIpc) is 3.39. The number of rotatable bonds is 7. The second kappa shape index (κ2) is 10.1. The summed E-state index contributed by atoms with van der Waals surface area (Å²) in [6.45, 7) is 0.314. The van der Waals surface area contributed by atoms with E-state index in [0.717, 1.165) is 0 Å². The predicted molar refractivity (Wildman–Crippen MR) is 125 cm³/mol. The molecule has 0 bridgehead atoms. The fourth-order valence-electron chi connectivity index (χ4n) is 2.91. The Balaban J connectivity index is 1.36. The molecule has 1 amide bonds.